The number of nitrogens with zero attached hydrogens (tertiary/aromatic N) is 4. The van der Waals surface area contributed by atoms with Crippen LogP contribution >= 0.6 is 11.6 Å². The van der Waals surface area contributed by atoms with Crippen LogP contribution in [0.15, 0.2) is 55.0 Å². The average Bonchev–Trinajstić information content (AvgIpc) is 2.49. The van der Waals surface area contributed by atoms with Crippen LogP contribution in [0.4, 0.5) is 0 Å². The monoisotopic (exact) mass is 268 g/mol. The maximum atomic E-state index is 6.13. The molecule has 5 heteroatoms. The predicted octanol–water partition coefficient (Wildman–Crippen LogP) is 3.25. The van der Waals surface area contributed by atoms with E-state index in [1.807, 2.05) is 36.4 Å². The molecule has 0 aliphatic rings. The third-order valence-electron chi connectivity index (χ3n) is 2.55. The molecular weight excluding hydrogens is 260 g/mol. The molecule has 0 aromatic carbocycles. The Balaban J connectivity index is 2.12. The van der Waals surface area contributed by atoms with Gasteiger partial charge in [0.25, 0.3) is 0 Å². The highest BCUT2D eigenvalue weighted by molar-refractivity contribution is 6.32. The molecule has 0 aliphatic heterocycles. The summed E-state index contributed by atoms with van der Waals surface area (Å²) in [6.07, 6.45) is 4.98. The summed E-state index contributed by atoms with van der Waals surface area (Å²) in [5.74, 6) is 0.533. The Labute approximate surface area is 115 Å². The molecule has 0 unspecified atom stereocenters. The number of rotatable bonds is 2. The molecule has 3 aromatic heterocycles. The lowest BCUT2D eigenvalue weighted by molar-refractivity contribution is 1.13. The minimum Gasteiger partial charge on any atom is -0.255 e. The van der Waals surface area contributed by atoms with Crippen LogP contribution in [0.3, 0.4) is 0 Å². The van der Waals surface area contributed by atoms with Gasteiger partial charge in [-0.1, -0.05) is 23.7 Å². The van der Waals surface area contributed by atoms with Crippen molar-refractivity contribution >= 4 is 11.6 Å². The fraction of sp³-hybridized carbons (Fsp3) is 0. The van der Waals surface area contributed by atoms with E-state index in [2.05, 4.69) is 19.9 Å². The van der Waals surface area contributed by atoms with Crippen molar-refractivity contribution in [2.24, 2.45) is 0 Å². The summed E-state index contributed by atoms with van der Waals surface area (Å²) in [6, 6.07) is 11.2. The van der Waals surface area contributed by atoms with E-state index in [1.165, 1.54) is 0 Å². The lowest BCUT2D eigenvalue weighted by atomic mass is 10.2. The van der Waals surface area contributed by atoms with Crippen molar-refractivity contribution < 1.29 is 0 Å². The van der Waals surface area contributed by atoms with Gasteiger partial charge in [-0.05, 0) is 24.3 Å². The second-order valence-corrected chi connectivity index (χ2v) is 4.23. The molecular formula is C14H9ClN4. The van der Waals surface area contributed by atoms with Crippen LogP contribution in [0.25, 0.3) is 22.9 Å². The summed E-state index contributed by atoms with van der Waals surface area (Å²) in [5, 5.41) is 0.471. The minimum absolute atomic E-state index is 0.471. The molecule has 92 valence electrons. The van der Waals surface area contributed by atoms with Crippen LogP contribution in [0.2, 0.25) is 5.02 Å². The third kappa shape index (κ3) is 2.44. The average molecular weight is 269 g/mol. The van der Waals surface area contributed by atoms with Gasteiger partial charge in [0.1, 0.15) is 11.4 Å². The first-order valence-corrected chi connectivity index (χ1v) is 6.08. The standard InChI is InChI=1S/C14H9ClN4/c15-10-9-18-14(12-6-2-4-8-17-12)19-13(10)11-5-1-3-7-16-11/h1-9H. The molecule has 0 spiro atoms. The smallest absolute Gasteiger partial charge is 0.178 e. The fourth-order valence-corrected chi connectivity index (χ4v) is 1.86. The van der Waals surface area contributed by atoms with E-state index in [9.17, 15) is 0 Å². The Bertz CT molecular complexity index is 686. The van der Waals surface area contributed by atoms with Crippen LogP contribution in [0, 0.1) is 0 Å². The van der Waals surface area contributed by atoms with Crippen LogP contribution in [0.1, 0.15) is 0 Å². The molecule has 0 radical (unpaired) electrons. The minimum atomic E-state index is 0.471. The van der Waals surface area contributed by atoms with Crippen molar-refractivity contribution in [1.29, 1.82) is 0 Å². The van der Waals surface area contributed by atoms with Crippen molar-refractivity contribution in [2.75, 3.05) is 0 Å². The summed E-state index contributed by atoms with van der Waals surface area (Å²) in [5.41, 5.74) is 2.03. The Morgan fingerprint density at radius 3 is 2.11 bits per heavy atom. The molecule has 0 saturated heterocycles. The molecule has 0 aliphatic carbocycles. The van der Waals surface area contributed by atoms with Gasteiger partial charge in [0.2, 0.25) is 0 Å². The van der Waals surface area contributed by atoms with Gasteiger partial charge in [-0.15, -0.1) is 0 Å². The molecule has 19 heavy (non-hydrogen) atoms. The number of halogens is 1. The zero-order valence-corrected chi connectivity index (χ0v) is 10.6. The highest BCUT2D eigenvalue weighted by Gasteiger charge is 2.10. The Morgan fingerprint density at radius 1 is 0.789 bits per heavy atom. The first-order chi connectivity index (χ1) is 9.34. The highest BCUT2D eigenvalue weighted by atomic mass is 35.5. The van der Waals surface area contributed by atoms with E-state index >= 15 is 0 Å². The van der Waals surface area contributed by atoms with Gasteiger partial charge in [-0.25, -0.2) is 9.97 Å². The van der Waals surface area contributed by atoms with E-state index in [-0.39, 0.29) is 0 Å². The number of aromatic nitrogens is 4. The number of pyridine rings is 2. The first-order valence-electron chi connectivity index (χ1n) is 5.70. The molecule has 3 heterocycles. The SMILES string of the molecule is Clc1cnc(-c2ccccn2)nc1-c1ccccn1. The molecule has 0 saturated carbocycles. The van der Waals surface area contributed by atoms with Crippen molar-refractivity contribution in [1.82, 2.24) is 19.9 Å². The molecule has 0 atom stereocenters. The molecule has 0 N–H and O–H groups in total. The molecule has 3 rings (SSSR count). The van der Waals surface area contributed by atoms with Crippen LogP contribution < -0.4 is 0 Å². The summed E-state index contributed by atoms with van der Waals surface area (Å²) < 4.78 is 0. The Kier molecular flexibility index (Phi) is 3.16. The predicted molar refractivity (Wildman–Crippen MR) is 73.5 cm³/mol. The Hall–Kier alpha value is -2.33. The maximum absolute atomic E-state index is 6.13. The molecule has 0 amide bonds. The number of hydrogen-bond donors (Lipinski definition) is 0. The summed E-state index contributed by atoms with van der Waals surface area (Å²) in [4.78, 5) is 17.1. The fourth-order valence-electron chi connectivity index (χ4n) is 1.67. The van der Waals surface area contributed by atoms with Crippen LogP contribution in [0.5, 0.6) is 0 Å². The second kappa shape index (κ2) is 5.12. The van der Waals surface area contributed by atoms with Gasteiger partial charge in [0.15, 0.2) is 5.82 Å². The molecule has 4 nitrogen and oxygen atoms in total. The quantitative estimate of drug-likeness (QED) is 0.716. The van der Waals surface area contributed by atoms with Gasteiger partial charge in [0.05, 0.1) is 16.9 Å². The van der Waals surface area contributed by atoms with Crippen molar-refractivity contribution in [2.45, 2.75) is 0 Å². The largest absolute Gasteiger partial charge is 0.255 e. The molecule has 0 fully saturated rings. The van der Waals surface area contributed by atoms with Crippen molar-refractivity contribution in [3.8, 4) is 22.9 Å². The van der Waals surface area contributed by atoms with Crippen molar-refractivity contribution in [3.05, 3.63) is 60.0 Å². The topological polar surface area (TPSA) is 51.6 Å². The molecule has 0 bridgehead atoms. The van der Waals surface area contributed by atoms with E-state index in [4.69, 9.17) is 11.6 Å². The van der Waals surface area contributed by atoms with Crippen LogP contribution in [-0.4, -0.2) is 19.9 Å². The van der Waals surface area contributed by atoms with Gasteiger partial charge < -0.3 is 0 Å². The summed E-state index contributed by atoms with van der Waals surface area (Å²) >= 11 is 6.13. The van der Waals surface area contributed by atoms with Crippen LogP contribution in [-0.2, 0) is 0 Å². The first kappa shape index (κ1) is 11.7. The van der Waals surface area contributed by atoms with Gasteiger partial charge in [-0.2, -0.15) is 0 Å². The van der Waals surface area contributed by atoms with E-state index < -0.39 is 0 Å². The lowest BCUT2D eigenvalue weighted by Gasteiger charge is -2.04. The third-order valence-corrected chi connectivity index (χ3v) is 2.82. The number of hydrogen-bond acceptors (Lipinski definition) is 4. The highest BCUT2D eigenvalue weighted by Crippen LogP contribution is 2.25. The normalized spacial score (nSPS) is 10.4. The molecule has 3 aromatic rings. The van der Waals surface area contributed by atoms with Gasteiger partial charge in [0, 0.05) is 12.4 Å². The maximum Gasteiger partial charge on any atom is 0.178 e. The lowest BCUT2D eigenvalue weighted by Crippen LogP contribution is -1.95. The van der Waals surface area contributed by atoms with E-state index in [0.717, 1.165) is 0 Å². The van der Waals surface area contributed by atoms with Crippen molar-refractivity contribution in [3.63, 3.8) is 0 Å². The zero-order valence-electron chi connectivity index (χ0n) is 9.86. The van der Waals surface area contributed by atoms with Gasteiger partial charge >= 0.3 is 0 Å². The van der Waals surface area contributed by atoms with Gasteiger partial charge in [-0.3, -0.25) is 9.97 Å². The van der Waals surface area contributed by atoms with E-state index in [0.29, 0.717) is 27.9 Å². The summed E-state index contributed by atoms with van der Waals surface area (Å²) in [6.45, 7) is 0. The van der Waals surface area contributed by atoms with E-state index in [1.54, 1.807) is 18.6 Å². The Morgan fingerprint density at radius 2 is 1.47 bits per heavy atom. The second-order valence-electron chi connectivity index (χ2n) is 3.82. The summed E-state index contributed by atoms with van der Waals surface area (Å²) in [7, 11) is 0. The zero-order chi connectivity index (χ0) is 13.1.